The summed E-state index contributed by atoms with van der Waals surface area (Å²) in [5, 5.41) is 8.35. The zero-order valence-corrected chi connectivity index (χ0v) is 49.7. The molecular formula is C79H71BN2S. The molecule has 2 nitrogen and oxygen atoms in total. The number of nitrogens with zero attached hydrogens (tertiary/aromatic N) is 2. The molecule has 406 valence electrons. The lowest BCUT2D eigenvalue weighted by Gasteiger charge is -2.57. The molecule has 2 aromatic heterocycles. The first kappa shape index (κ1) is 47.5. The third kappa shape index (κ3) is 6.27. The van der Waals surface area contributed by atoms with Gasteiger partial charge in [0.2, 0.25) is 0 Å². The second-order valence-corrected chi connectivity index (χ2v) is 31.6. The minimum Gasteiger partial charge on any atom is -0.375 e. The van der Waals surface area contributed by atoms with E-state index in [1.54, 1.807) is 11.1 Å². The van der Waals surface area contributed by atoms with E-state index in [4.69, 9.17) is 0 Å². The van der Waals surface area contributed by atoms with Crippen LogP contribution in [0, 0.1) is 35.5 Å². The van der Waals surface area contributed by atoms with Gasteiger partial charge in [0.1, 0.15) is 0 Å². The Hall–Kier alpha value is -6.88. The summed E-state index contributed by atoms with van der Waals surface area (Å²) in [6, 6.07) is 64.2. The lowest BCUT2D eigenvalue weighted by Crippen LogP contribution is -2.57. The quantitative estimate of drug-likeness (QED) is 0.160. The molecule has 22 rings (SSSR count). The van der Waals surface area contributed by atoms with Crippen molar-refractivity contribution >= 4 is 98.9 Å². The Bertz CT molecular complexity index is 4660. The third-order valence-electron chi connectivity index (χ3n) is 24.3. The van der Waals surface area contributed by atoms with Crippen LogP contribution in [-0.4, -0.2) is 11.3 Å². The summed E-state index contributed by atoms with van der Waals surface area (Å²) in [7, 11) is 0. The van der Waals surface area contributed by atoms with Crippen LogP contribution in [0.5, 0.6) is 0 Å². The molecule has 0 atom stereocenters. The van der Waals surface area contributed by atoms with Gasteiger partial charge in [-0.25, -0.2) is 0 Å². The smallest absolute Gasteiger partial charge is 0.333 e. The normalized spacial score (nSPS) is 27.1. The van der Waals surface area contributed by atoms with Crippen LogP contribution in [0.4, 0.5) is 17.1 Å². The van der Waals surface area contributed by atoms with Gasteiger partial charge in [0.15, 0.2) is 0 Å². The molecule has 11 aromatic rings. The molecule has 2 aliphatic heterocycles. The zero-order valence-electron chi connectivity index (χ0n) is 48.8. The van der Waals surface area contributed by atoms with Crippen molar-refractivity contribution in [1.82, 2.24) is 4.48 Å². The lowest BCUT2D eigenvalue weighted by molar-refractivity contribution is -0.00527. The molecule has 11 aliphatic rings. The second-order valence-electron chi connectivity index (χ2n) is 30.5. The Morgan fingerprint density at radius 3 is 1.80 bits per heavy atom. The lowest BCUT2D eigenvalue weighted by atomic mass is 9.44. The Kier molecular flexibility index (Phi) is 9.10. The standard InChI is InChI=1S/C79H71BN2S/c1-76(2,3)53-19-21-66(57(31-53)50-13-7-6-8-14-50)81-68-35-60-59-29-51-15-9-10-16-52(51)30-70(59)83-71(60)37-65(68)80-74-69(81)36-61-56-17-11-12-18-64(56)77(4,5)73(61)72(74)63-34-55(79-41-47-26-48(42-79)28-49(27-47)43-79)33-62-58-32-54(20-22-67(58)82(80)75(62)63)78-38-44-23-45(39-78)25-46(24-44)40-78/h6-22,29-37,44-49H,23-28,38-43H2,1-5H3. The van der Waals surface area contributed by atoms with Crippen LogP contribution in [0.2, 0.25) is 0 Å². The highest BCUT2D eigenvalue weighted by molar-refractivity contribution is 7.26. The summed E-state index contributed by atoms with van der Waals surface area (Å²) in [4.78, 5) is 2.79. The third-order valence-corrected chi connectivity index (χ3v) is 25.4. The highest BCUT2D eigenvalue weighted by Gasteiger charge is 2.55. The molecule has 4 heteroatoms. The molecule has 8 bridgehead atoms. The summed E-state index contributed by atoms with van der Waals surface area (Å²) < 4.78 is 5.68. The summed E-state index contributed by atoms with van der Waals surface area (Å²) in [6.45, 7) is 12.2. The van der Waals surface area contributed by atoms with E-state index in [-0.39, 0.29) is 23.1 Å². The molecular weight excluding hydrogens is 1020 g/mol. The van der Waals surface area contributed by atoms with Crippen molar-refractivity contribution in [2.75, 3.05) is 4.90 Å². The van der Waals surface area contributed by atoms with Gasteiger partial charge in [-0.05, 0) is 267 Å². The summed E-state index contributed by atoms with van der Waals surface area (Å²) in [5.41, 5.74) is 26.0. The van der Waals surface area contributed by atoms with E-state index in [9.17, 15) is 0 Å². The van der Waals surface area contributed by atoms with Crippen LogP contribution in [-0.2, 0) is 21.7 Å². The molecule has 9 aromatic carbocycles. The number of rotatable bonds is 4. The van der Waals surface area contributed by atoms with Gasteiger partial charge in [-0.15, -0.1) is 11.3 Å². The average molecular weight is 1090 g/mol. The predicted molar refractivity (Wildman–Crippen MR) is 352 cm³/mol. The monoisotopic (exact) mass is 1090 g/mol. The topological polar surface area (TPSA) is 8.17 Å². The van der Waals surface area contributed by atoms with E-state index in [0.29, 0.717) is 5.41 Å². The maximum Gasteiger partial charge on any atom is 0.333 e. The number of hydrogen-bond acceptors (Lipinski definition) is 2. The molecule has 0 unspecified atom stereocenters. The maximum atomic E-state index is 2.95. The van der Waals surface area contributed by atoms with Crippen molar-refractivity contribution in [3.8, 4) is 33.4 Å². The Morgan fingerprint density at radius 2 is 1.10 bits per heavy atom. The maximum absolute atomic E-state index is 2.95. The molecule has 8 fully saturated rings. The van der Waals surface area contributed by atoms with E-state index in [1.807, 2.05) is 11.3 Å². The summed E-state index contributed by atoms with van der Waals surface area (Å²) in [6.07, 6.45) is 17.0. The molecule has 0 saturated heterocycles. The fourth-order valence-electron chi connectivity index (χ4n) is 21.7. The first-order valence-electron chi connectivity index (χ1n) is 32.2. The van der Waals surface area contributed by atoms with Crippen molar-refractivity contribution in [1.29, 1.82) is 0 Å². The van der Waals surface area contributed by atoms with Crippen LogP contribution in [0.3, 0.4) is 0 Å². The van der Waals surface area contributed by atoms with Gasteiger partial charge in [0.05, 0.1) is 5.69 Å². The van der Waals surface area contributed by atoms with Gasteiger partial charge in [0, 0.05) is 69.9 Å². The van der Waals surface area contributed by atoms with Crippen LogP contribution in [0.15, 0.2) is 158 Å². The Balaban J connectivity index is 0.952. The van der Waals surface area contributed by atoms with Crippen molar-refractivity contribution < 1.29 is 0 Å². The number of benzene rings is 9. The van der Waals surface area contributed by atoms with Crippen molar-refractivity contribution in [2.24, 2.45) is 35.5 Å². The molecule has 0 radical (unpaired) electrons. The minimum absolute atomic E-state index is 0.0337. The zero-order chi connectivity index (χ0) is 54.8. The van der Waals surface area contributed by atoms with Crippen LogP contribution < -0.4 is 15.8 Å². The van der Waals surface area contributed by atoms with Crippen LogP contribution >= 0.6 is 11.3 Å². The Morgan fingerprint density at radius 1 is 0.482 bits per heavy atom. The number of thiophene rings is 1. The van der Waals surface area contributed by atoms with Gasteiger partial charge < -0.3 is 9.38 Å². The fourth-order valence-corrected chi connectivity index (χ4v) is 22.8. The van der Waals surface area contributed by atoms with Gasteiger partial charge in [-0.3, -0.25) is 0 Å². The molecule has 9 aliphatic carbocycles. The number of hydrogen-bond donors (Lipinski definition) is 0. The largest absolute Gasteiger partial charge is 0.375 e. The highest BCUT2D eigenvalue weighted by Crippen LogP contribution is 2.65. The molecule has 8 saturated carbocycles. The molecule has 4 heterocycles. The SMILES string of the molecule is CC(C)(C)c1ccc(N2c3cc4c(cc3B3c5c2cc2c(c5-c5cc(C67CC8CC(CC(C8)C6)C7)cc6c7cc(C89CC%10CC(CC(C%10)C8)C9)ccc7n3c56)C(C)(C)c3ccccc3-2)sc2cc3ccccc3cc24)c(-c2ccccc2)c1. The van der Waals surface area contributed by atoms with E-state index in [0.717, 1.165) is 35.5 Å². The van der Waals surface area contributed by atoms with Gasteiger partial charge in [0.25, 0.3) is 0 Å². The van der Waals surface area contributed by atoms with Crippen molar-refractivity contribution in [3.63, 3.8) is 0 Å². The minimum atomic E-state index is -0.226. The molecule has 0 N–H and O–H groups in total. The molecule has 83 heavy (non-hydrogen) atoms. The van der Waals surface area contributed by atoms with Gasteiger partial charge in [-0.1, -0.05) is 126 Å². The molecule has 0 amide bonds. The van der Waals surface area contributed by atoms with E-state index in [1.165, 1.54) is 208 Å². The van der Waals surface area contributed by atoms with E-state index < -0.39 is 0 Å². The average Bonchev–Trinajstić information content (AvgIpc) is 1.63. The van der Waals surface area contributed by atoms with E-state index in [2.05, 4.69) is 202 Å². The van der Waals surface area contributed by atoms with Gasteiger partial charge >= 0.3 is 6.85 Å². The fraction of sp³-hybridized carbons (Fsp3) is 0.342. The Labute approximate surface area is 493 Å². The number of fused-ring (bicyclic) bond motifs is 15. The first-order chi connectivity index (χ1) is 40.3. The van der Waals surface area contributed by atoms with Gasteiger partial charge in [-0.2, -0.15) is 0 Å². The summed E-state index contributed by atoms with van der Waals surface area (Å²) in [5.74, 6) is 5.28. The van der Waals surface area contributed by atoms with E-state index >= 15 is 0 Å². The first-order valence-corrected chi connectivity index (χ1v) is 33.0. The number of aromatic nitrogens is 1. The summed E-state index contributed by atoms with van der Waals surface area (Å²) >= 11 is 1.99. The van der Waals surface area contributed by atoms with Crippen molar-refractivity contribution in [2.45, 2.75) is 133 Å². The second kappa shape index (κ2) is 15.9. The highest BCUT2D eigenvalue weighted by atomic mass is 32.1. The van der Waals surface area contributed by atoms with Crippen LogP contribution in [0.1, 0.15) is 139 Å². The van der Waals surface area contributed by atoms with Crippen molar-refractivity contribution in [3.05, 3.63) is 186 Å². The van der Waals surface area contributed by atoms with Crippen LogP contribution in [0.25, 0.3) is 86.1 Å². The molecule has 0 spiro atoms. The number of anilines is 3. The predicted octanol–water partition coefficient (Wildman–Crippen LogP) is 19.9.